The highest BCUT2D eigenvalue weighted by Gasteiger charge is 2.23. The van der Waals surface area contributed by atoms with Gasteiger partial charge in [0.25, 0.3) is 0 Å². The summed E-state index contributed by atoms with van der Waals surface area (Å²) in [5, 5.41) is 21.2. The van der Waals surface area contributed by atoms with Crippen LogP contribution in [0.5, 0.6) is 0 Å². The summed E-state index contributed by atoms with van der Waals surface area (Å²) in [7, 11) is 0. The molecule has 1 aliphatic heterocycles. The molecule has 1 aliphatic rings. The molecule has 1 atom stereocenters. The third kappa shape index (κ3) is 7.78. The fourth-order valence-corrected chi connectivity index (χ4v) is 4.02. The van der Waals surface area contributed by atoms with E-state index < -0.39 is 5.60 Å². The molecule has 0 aromatic carbocycles. The van der Waals surface area contributed by atoms with Crippen molar-refractivity contribution in [2.24, 2.45) is 4.99 Å². The number of piperazine rings is 1. The maximum absolute atomic E-state index is 10.6. The van der Waals surface area contributed by atoms with Gasteiger partial charge in [-0.2, -0.15) is 11.3 Å². The number of nitrogens with zero attached hydrogens (tertiary/aromatic N) is 3. The lowest BCUT2D eigenvalue weighted by Crippen LogP contribution is -2.46. The highest BCUT2D eigenvalue weighted by Crippen LogP contribution is 2.23. The van der Waals surface area contributed by atoms with Gasteiger partial charge in [-0.15, -0.1) is 0 Å². The largest absolute Gasteiger partial charge is 0.383 e. The predicted octanol–water partition coefficient (Wildman–Crippen LogP) is 1.93. The van der Waals surface area contributed by atoms with Gasteiger partial charge in [0.2, 0.25) is 0 Å². The minimum atomic E-state index is -0.928. The number of hydrogen-bond acceptors (Lipinski definition) is 5. The molecule has 0 bridgehead atoms. The van der Waals surface area contributed by atoms with Gasteiger partial charge < -0.3 is 25.5 Å². The molecule has 0 aliphatic carbocycles. The SMILES string of the molecule is CCNC(=NCC(C)(O)c1ccsc1)NCCCCN1CCN(CC)CC1. The number of nitrogens with one attached hydrogen (secondary N) is 2. The molecule has 0 amide bonds. The standard InChI is InChI=1S/C20H37N5OS/c1-4-21-19(23-17-20(3,26)18-8-15-27-16-18)22-9-6-7-10-25-13-11-24(5-2)12-14-25/h8,15-16,26H,4-7,9-14,17H2,1-3H3,(H2,21,22,23). The molecule has 27 heavy (non-hydrogen) atoms. The van der Waals surface area contributed by atoms with Crippen LogP contribution in [0.15, 0.2) is 21.8 Å². The summed E-state index contributed by atoms with van der Waals surface area (Å²) in [5.41, 5.74) is -0.00142. The van der Waals surface area contributed by atoms with Crippen molar-refractivity contribution >= 4 is 17.3 Å². The predicted molar refractivity (Wildman–Crippen MR) is 116 cm³/mol. The van der Waals surface area contributed by atoms with E-state index in [1.165, 1.54) is 45.7 Å². The van der Waals surface area contributed by atoms with Gasteiger partial charge in [-0.05, 0) is 62.2 Å². The molecule has 1 aromatic rings. The first kappa shape index (κ1) is 22.1. The van der Waals surface area contributed by atoms with Crippen molar-refractivity contribution in [2.45, 2.75) is 39.2 Å². The Morgan fingerprint density at radius 1 is 1.19 bits per heavy atom. The van der Waals surface area contributed by atoms with Crippen LogP contribution in [0.1, 0.15) is 39.2 Å². The van der Waals surface area contributed by atoms with Crippen molar-refractivity contribution in [3.8, 4) is 0 Å². The van der Waals surface area contributed by atoms with E-state index in [1.54, 1.807) is 11.3 Å². The van der Waals surface area contributed by atoms with E-state index in [0.29, 0.717) is 6.54 Å². The van der Waals surface area contributed by atoms with E-state index in [4.69, 9.17) is 0 Å². The number of aliphatic imine (C=N–C) groups is 1. The fraction of sp³-hybridized carbons (Fsp3) is 0.750. The van der Waals surface area contributed by atoms with Gasteiger partial charge in [0.05, 0.1) is 6.54 Å². The topological polar surface area (TPSA) is 63.1 Å². The second kappa shape index (κ2) is 11.6. The lowest BCUT2D eigenvalue weighted by Gasteiger charge is -2.34. The average molecular weight is 396 g/mol. The van der Waals surface area contributed by atoms with E-state index in [1.807, 2.05) is 23.8 Å². The number of guanidine groups is 1. The third-order valence-corrected chi connectivity index (χ3v) is 5.82. The van der Waals surface area contributed by atoms with E-state index in [2.05, 4.69) is 39.3 Å². The minimum absolute atomic E-state index is 0.348. The number of hydrogen-bond donors (Lipinski definition) is 3. The van der Waals surface area contributed by atoms with Gasteiger partial charge in [0.15, 0.2) is 5.96 Å². The highest BCUT2D eigenvalue weighted by atomic mass is 32.1. The first-order chi connectivity index (χ1) is 13.0. The van der Waals surface area contributed by atoms with Crippen molar-refractivity contribution in [3.63, 3.8) is 0 Å². The molecule has 0 saturated carbocycles. The van der Waals surface area contributed by atoms with Gasteiger partial charge in [0, 0.05) is 39.3 Å². The zero-order chi connectivity index (χ0) is 19.5. The van der Waals surface area contributed by atoms with Crippen LogP contribution in [-0.4, -0.2) is 79.8 Å². The van der Waals surface area contributed by atoms with Crippen LogP contribution in [0, 0.1) is 0 Å². The molecule has 7 heteroatoms. The average Bonchev–Trinajstić information content (AvgIpc) is 3.22. The number of thiophene rings is 1. The second-order valence-electron chi connectivity index (χ2n) is 7.39. The van der Waals surface area contributed by atoms with Crippen LogP contribution in [-0.2, 0) is 5.60 Å². The Kier molecular flexibility index (Phi) is 9.54. The van der Waals surface area contributed by atoms with Crippen LogP contribution in [0.3, 0.4) is 0 Å². The van der Waals surface area contributed by atoms with Gasteiger partial charge in [-0.25, -0.2) is 4.99 Å². The van der Waals surface area contributed by atoms with Gasteiger partial charge in [-0.3, -0.25) is 0 Å². The summed E-state index contributed by atoms with van der Waals surface area (Å²) in [4.78, 5) is 9.67. The Balaban J connectivity index is 1.67. The molecular weight excluding hydrogens is 358 g/mol. The normalized spacial score (nSPS) is 19.0. The summed E-state index contributed by atoms with van der Waals surface area (Å²) >= 11 is 1.60. The zero-order valence-electron chi connectivity index (χ0n) is 17.2. The van der Waals surface area contributed by atoms with Gasteiger partial charge in [0.1, 0.15) is 5.60 Å². The molecular formula is C20H37N5OS. The quantitative estimate of drug-likeness (QED) is 0.321. The molecule has 3 N–H and O–H groups in total. The van der Waals surface area contributed by atoms with Gasteiger partial charge in [-0.1, -0.05) is 6.92 Å². The number of likely N-dealkylation sites (N-methyl/N-ethyl adjacent to an activating group) is 1. The molecule has 0 spiro atoms. The van der Waals surface area contributed by atoms with Gasteiger partial charge >= 0.3 is 0 Å². The maximum atomic E-state index is 10.6. The number of aliphatic hydroxyl groups is 1. The van der Waals surface area contributed by atoms with E-state index in [9.17, 15) is 5.11 Å². The molecule has 2 heterocycles. The third-order valence-electron chi connectivity index (χ3n) is 5.14. The fourth-order valence-electron chi connectivity index (χ4n) is 3.23. The minimum Gasteiger partial charge on any atom is -0.383 e. The monoisotopic (exact) mass is 395 g/mol. The molecule has 2 rings (SSSR count). The molecule has 1 aromatic heterocycles. The second-order valence-corrected chi connectivity index (χ2v) is 8.17. The smallest absolute Gasteiger partial charge is 0.191 e. The Bertz CT molecular complexity index is 539. The molecule has 0 radical (unpaired) electrons. The van der Waals surface area contributed by atoms with Crippen molar-refractivity contribution in [2.75, 3.05) is 58.9 Å². The molecule has 6 nitrogen and oxygen atoms in total. The van der Waals surface area contributed by atoms with Crippen molar-refractivity contribution in [1.29, 1.82) is 0 Å². The van der Waals surface area contributed by atoms with E-state index >= 15 is 0 Å². The molecule has 154 valence electrons. The number of unbranched alkanes of at least 4 members (excludes halogenated alkanes) is 1. The first-order valence-electron chi connectivity index (χ1n) is 10.3. The number of rotatable bonds is 10. The Morgan fingerprint density at radius 2 is 1.93 bits per heavy atom. The van der Waals surface area contributed by atoms with Crippen molar-refractivity contribution in [3.05, 3.63) is 22.4 Å². The highest BCUT2D eigenvalue weighted by molar-refractivity contribution is 7.08. The summed E-state index contributed by atoms with van der Waals surface area (Å²) < 4.78 is 0. The Labute approximate surface area is 168 Å². The van der Waals surface area contributed by atoms with Crippen molar-refractivity contribution in [1.82, 2.24) is 20.4 Å². The van der Waals surface area contributed by atoms with E-state index in [-0.39, 0.29) is 0 Å². The summed E-state index contributed by atoms with van der Waals surface area (Å²) in [6, 6.07) is 1.96. The lowest BCUT2D eigenvalue weighted by molar-refractivity contribution is 0.0677. The first-order valence-corrected chi connectivity index (χ1v) is 11.2. The van der Waals surface area contributed by atoms with Crippen LogP contribution in [0.2, 0.25) is 0 Å². The molecule has 1 saturated heterocycles. The Morgan fingerprint density at radius 3 is 2.56 bits per heavy atom. The Hall–Kier alpha value is -1.15. The summed E-state index contributed by atoms with van der Waals surface area (Å²) in [6.07, 6.45) is 2.32. The maximum Gasteiger partial charge on any atom is 0.191 e. The van der Waals surface area contributed by atoms with Crippen LogP contribution >= 0.6 is 11.3 Å². The summed E-state index contributed by atoms with van der Waals surface area (Å²) in [6.45, 7) is 15.3. The lowest BCUT2D eigenvalue weighted by atomic mass is 10.00. The summed E-state index contributed by atoms with van der Waals surface area (Å²) in [5.74, 6) is 0.782. The molecule has 1 unspecified atom stereocenters. The van der Waals surface area contributed by atoms with Crippen LogP contribution in [0.4, 0.5) is 0 Å². The zero-order valence-corrected chi connectivity index (χ0v) is 18.0. The van der Waals surface area contributed by atoms with Crippen molar-refractivity contribution < 1.29 is 5.11 Å². The van der Waals surface area contributed by atoms with Crippen LogP contribution < -0.4 is 10.6 Å². The van der Waals surface area contributed by atoms with Crippen LogP contribution in [0.25, 0.3) is 0 Å². The van der Waals surface area contributed by atoms with E-state index in [0.717, 1.165) is 31.0 Å². The molecule has 1 fully saturated rings.